The van der Waals surface area contributed by atoms with Crippen molar-refractivity contribution < 1.29 is 14.3 Å². The monoisotopic (exact) mass is 403 g/mol. The van der Waals surface area contributed by atoms with Gasteiger partial charge in [0.05, 0.1) is 0 Å². The van der Waals surface area contributed by atoms with Crippen LogP contribution in [0.5, 0.6) is 5.75 Å². The zero-order valence-electron chi connectivity index (χ0n) is 15.8. The van der Waals surface area contributed by atoms with Gasteiger partial charge in [0.15, 0.2) is 5.70 Å². The zero-order valence-corrected chi connectivity index (χ0v) is 16.5. The van der Waals surface area contributed by atoms with Crippen LogP contribution >= 0.6 is 11.6 Å². The van der Waals surface area contributed by atoms with Crippen LogP contribution in [0.3, 0.4) is 0 Å². The van der Waals surface area contributed by atoms with Gasteiger partial charge in [-0.05, 0) is 60.0 Å². The van der Waals surface area contributed by atoms with Crippen LogP contribution in [0, 0.1) is 6.92 Å². The topological polar surface area (TPSA) is 47.9 Å². The second-order valence-electron chi connectivity index (χ2n) is 6.64. The average Bonchev–Trinajstić information content (AvgIpc) is 3.09. The molecule has 5 heteroatoms. The molecule has 0 aromatic heterocycles. The van der Waals surface area contributed by atoms with Crippen LogP contribution in [0.25, 0.3) is 6.08 Å². The molecule has 0 spiro atoms. The molecular weight excluding hydrogens is 386 g/mol. The fourth-order valence-corrected chi connectivity index (χ4v) is 3.03. The lowest BCUT2D eigenvalue weighted by Gasteiger charge is -2.06. The molecule has 0 N–H and O–H groups in total. The molecule has 0 saturated carbocycles. The second-order valence-corrected chi connectivity index (χ2v) is 7.07. The predicted molar refractivity (Wildman–Crippen MR) is 114 cm³/mol. The molecule has 3 aromatic rings. The van der Waals surface area contributed by atoms with Crippen molar-refractivity contribution in [2.45, 2.75) is 13.5 Å². The van der Waals surface area contributed by atoms with Crippen molar-refractivity contribution in [2.75, 3.05) is 0 Å². The third-order valence-corrected chi connectivity index (χ3v) is 4.75. The highest BCUT2D eigenvalue weighted by Gasteiger charge is 2.24. The smallest absolute Gasteiger partial charge is 0.363 e. The normalized spacial score (nSPS) is 14.6. The number of rotatable bonds is 5. The Labute approximate surface area is 174 Å². The molecule has 0 bridgehead atoms. The minimum Gasteiger partial charge on any atom is -0.489 e. The summed E-state index contributed by atoms with van der Waals surface area (Å²) >= 11 is 5.89. The average molecular weight is 404 g/mol. The summed E-state index contributed by atoms with van der Waals surface area (Å²) in [7, 11) is 0. The van der Waals surface area contributed by atoms with Crippen molar-refractivity contribution in [1.82, 2.24) is 0 Å². The maximum absolute atomic E-state index is 12.2. The Bertz CT molecular complexity index is 1100. The number of esters is 1. The van der Waals surface area contributed by atoms with Crippen molar-refractivity contribution in [3.05, 3.63) is 106 Å². The Kier molecular flexibility index (Phi) is 5.45. The molecule has 0 fully saturated rings. The molecule has 1 aliphatic rings. The van der Waals surface area contributed by atoms with Gasteiger partial charge in [0.25, 0.3) is 0 Å². The predicted octanol–water partition coefficient (Wildman–Crippen LogP) is 5.57. The molecule has 0 amide bonds. The standard InChI is InChI=1S/C24H18ClNO3/c1-16-4-2-3-5-21(16)23-26-22(24(27)29-23)14-17-8-12-20(13-9-17)28-15-18-6-10-19(25)11-7-18/h2-14H,15H2,1H3/b22-14-. The van der Waals surface area contributed by atoms with Crippen LogP contribution in [0.2, 0.25) is 5.02 Å². The summed E-state index contributed by atoms with van der Waals surface area (Å²) in [6.45, 7) is 2.41. The van der Waals surface area contributed by atoms with E-state index in [1.54, 1.807) is 6.08 Å². The van der Waals surface area contributed by atoms with E-state index in [0.29, 0.717) is 17.5 Å². The van der Waals surface area contributed by atoms with Gasteiger partial charge in [-0.2, -0.15) is 0 Å². The number of nitrogens with zero attached hydrogens (tertiary/aromatic N) is 1. The lowest BCUT2D eigenvalue weighted by molar-refractivity contribution is -0.129. The van der Waals surface area contributed by atoms with Crippen molar-refractivity contribution in [3.63, 3.8) is 0 Å². The first-order valence-corrected chi connectivity index (χ1v) is 9.52. The van der Waals surface area contributed by atoms with E-state index >= 15 is 0 Å². The van der Waals surface area contributed by atoms with Crippen molar-refractivity contribution in [1.29, 1.82) is 0 Å². The highest BCUT2D eigenvalue weighted by molar-refractivity contribution is 6.30. The number of hydrogen-bond acceptors (Lipinski definition) is 4. The molecule has 0 saturated heterocycles. The minimum absolute atomic E-state index is 0.276. The van der Waals surface area contributed by atoms with Gasteiger partial charge in [-0.25, -0.2) is 9.79 Å². The molecule has 1 aliphatic heterocycles. The molecule has 4 rings (SSSR count). The highest BCUT2D eigenvalue weighted by Crippen LogP contribution is 2.22. The number of hydrogen-bond donors (Lipinski definition) is 0. The number of aryl methyl sites for hydroxylation is 1. The molecule has 0 unspecified atom stereocenters. The molecular formula is C24H18ClNO3. The van der Waals surface area contributed by atoms with Gasteiger partial charge in [0.1, 0.15) is 12.4 Å². The number of benzene rings is 3. The van der Waals surface area contributed by atoms with E-state index in [-0.39, 0.29) is 5.70 Å². The Balaban J connectivity index is 1.46. The van der Waals surface area contributed by atoms with Gasteiger partial charge in [0, 0.05) is 10.6 Å². The van der Waals surface area contributed by atoms with E-state index in [4.69, 9.17) is 21.1 Å². The third-order valence-electron chi connectivity index (χ3n) is 4.50. The number of ether oxygens (including phenoxy) is 2. The Morgan fingerprint density at radius 2 is 1.72 bits per heavy atom. The van der Waals surface area contributed by atoms with Gasteiger partial charge in [-0.15, -0.1) is 0 Å². The van der Waals surface area contributed by atoms with Gasteiger partial charge < -0.3 is 9.47 Å². The van der Waals surface area contributed by atoms with Crippen LogP contribution in [0.1, 0.15) is 22.3 Å². The molecule has 3 aromatic carbocycles. The lowest BCUT2D eigenvalue weighted by Crippen LogP contribution is -2.06. The first-order chi connectivity index (χ1) is 14.1. The number of cyclic esters (lactones) is 1. The molecule has 0 aliphatic carbocycles. The molecule has 0 radical (unpaired) electrons. The third kappa shape index (κ3) is 4.55. The van der Waals surface area contributed by atoms with Crippen LogP contribution in [-0.4, -0.2) is 11.9 Å². The summed E-state index contributed by atoms with van der Waals surface area (Å²) in [4.78, 5) is 16.5. The molecule has 29 heavy (non-hydrogen) atoms. The Morgan fingerprint density at radius 1 is 1.00 bits per heavy atom. The minimum atomic E-state index is -0.452. The van der Waals surface area contributed by atoms with Gasteiger partial charge in [-0.3, -0.25) is 0 Å². The number of aliphatic imine (C=N–C) groups is 1. The zero-order chi connectivity index (χ0) is 20.2. The van der Waals surface area contributed by atoms with Gasteiger partial charge >= 0.3 is 5.97 Å². The summed E-state index contributed by atoms with van der Waals surface area (Å²) in [6, 6.07) is 22.7. The largest absolute Gasteiger partial charge is 0.489 e. The van der Waals surface area contributed by atoms with E-state index in [1.807, 2.05) is 79.7 Å². The molecule has 144 valence electrons. The number of carbonyl (C=O) groups excluding carboxylic acids is 1. The quantitative estimate of drug-likeness (QED) is 0.413. The maximum atomic E-state index is 12.2. The first kappa shape index (κ1) is 19.0. The van der Waals surface area contributed by atoms with Crippen molar-refractivity contribution >= 4 is 29.5 Å². The van der Waals surface area contributed by atoms with E-state index in [9.17, 15) is 4.79 Å². The molecule has 4 nitrogen and oxygen atoms in total. The highest BCUT2D eigenvalue weighted by atomic mass is 35.5. The van der Waals surface area contributed by atoms with Crippen molar-refractivity contribution in [3.8, 4) is 5.75 Å². The summed E-state index contributed by atoms with van der Waals surface area (Å²) in [5, 5.41) is 0.699. The fraction of sp³-hybridized carbons (Fsp3) is 0.0833. The molecule has 0 atom stereocenters. The van der Waals surface area contributed by atoms with E-state index in [0.717, 1.165) is 28.0 Å². The summed E-state index contributed by atoms with van der Waals surface area (Å²) in [6.07, 6.45) is 1.70. The fourth-order valence-electron chi connectivity index (χ4n) is 2.90. The molecule has 1 heterocycles. The maximum Gasteiger partial charge on any atom is 0.363 e. The Hall–Kier alpha value is -3.37. The van der Waals surface area contributed by atoms with Crippen LogP contribution in [0.4, 0.5) is 0 Å². The van der Waals surface area contributed by atoms with Gasteiger partial charge in [0.2, 0.25) is 5.90 Å². The SMILES string of the molecule is Cc1ccccc1C1=N/C(=C\c2ccc(OCc3ccc(Cl)cc3)cc2)C(=O)O1. The summed E-state index contributed by atoms with van der Waals surface area (Å²) in [5.74, 6) is 0.619. The lowest BCUT2D eigenvalue weighted by atomic mass is 10.1. The number of halogens is 1. The van der Waals surface area contributed by atoms with Crippen molar-refractivity contribution in [2.24, 2.45) is 4.99 Å². The van der Waals surface area contributed by atoms with E-state index < -0.39 is 5.97 Å². The van der Waals surface area contributed by atoms with Crippen LogP contribution < -0.4 is 4.74 Å². The number of carbonyl (C=O) groups is 1. The second kappa shape index (κ2) is 8.33. The first-order valence-electron chi connectivity index (χ1n) is 9.14. The Morgan fingerprint density at radius 3 is 2.45 bits per heavy atom. The van der Waals surface area contributed by atoms with Crippen LogP contribution in [0.15, 0.2) is 83.5 Å². The summed E-state index contributed by atoms with van der Waals surface area (Å²) < 4.78 is 11.1. The van der Waals surface area contributed by atoms with E-state index in [2.05, 4.69) is 4.99 Å². The van der Waals surface area contributed by atoms with E-state index in [1.165, 1.54) is 0 Å². The van der Waals surface area contributed by atoms with Gasteiger partial charge in [-0.1, -0.05) is 54.1 Å². The van der Waals surface area contributed by atoms with Crippen LogP contribution in [-0.2, 0) is 16.1 Å². The summed E-state index contributed by atoms with van der Waals surface area (Å²) in [5.41, 5.74) is 3.97.